The van der Waals surface area contributed by atoms with E-state index in [1.54, 1.807) is 0 Å². The van der Waals surface area contributed by atoms with Crippen molar-refractivity contribution in [2.24, 2.45) is 17.8 Å². The first-order valence-corrected chi connectivity index (χ1v) is 6.43. The third-order valence-corrected chi connectivity index (χ3v) is 4.06. The summed E-state index contributed by atoms with van der Waals surface area (Å²) in [5.74, 6) is 2.18. The summed E-state index contributed by atoms with van der Waals surface area (Å²) in [6, 6.07) is 0. The van der Waals surface area contributed by atoms with Gasteiger partial charge in [-0.3, -0.25) is 4.79 Å². The molecule has 0 unspecified atom stereocenters. The van der Waals surface area contributed by atoms with Gasteiger partial charge in [-0.05, 0) is 31.1 Å². The monoisotopic (exact) mass is 209 g/mol. The van der Waals surface area contributed by atoms with E-state index >= 15 is 0 Å². The molecule has 2 fully saturated rings. The third kappa shape index (κ3) is 2.73. The maximum absolute atomic E-state index is 11.9. The van der Waals surface area contributed by atoms with Crippen LogP contribution in [-0.4, -0.2) is 24.4 Å². The van der Waals surface area contributed by atoms with Crippen LogP contribution in [0.3, 0.4) is 0 Å². The van der Waals surface area contributed by atoms with E-state index in [-0.39, 0.29) is 0 Å². The van der Waals surface area contributed by atoms with E-state index in [0.717, 1.165) is 18.9 Å². The normalized spacial score (nSPS) is 31.3. The van der Waals surface area contributed by atoms with E-state index < -0.39 is 0 Å². The van der Waals surface area contributed by atoms with Crippen LogP contribution in [0.1, 0.15) is 45.4 Å². The summed E-state index contributed by atoms with van der Waals surface area (Å²) >= 11 is 0. The summed E-state index contributed by atoms with van der Waals surface area (Å²) < 4.78 is 0. The molecule has 0 aromatic heterocycles. The molecule has 2 atom stereocenters. The van der Waals surface area contributed by atoms with Crippen LogP contribution < -0.4 is 0 Å². The quantitative estimate of drug-likeness (QED) is 0.700. The highest BCUT2D eigenvalue weighted by atomic mass is 16.2. The lowest BCUT2D eigenvalue weighted by atomic mass is 9.89. The number of hydrogen-bond acceptors (Lipinski definition) is 1. The fourth-order valence-corrected chi connectivity index (χ4v) is 2.80. The standard InChI is InChI=1S/C13H23NO/c1-10-8-12(10)13(15)14(2)9-11-6-4-3-5-7-11/h10-12H,3-9H2,1-2H3/t10-,12+/m1/s1. The predicted octanol–water partition coefficient (Wildman–Crippen LogP) is 2.68. The first-order valence-electron chi connectivity index (χ1n) is 6.43. The molecule has 0 aromatic rings. The molecule has 2 rings (SSSR count). The molecule has 0 aliphatic heterocycles. The molecule has 2 aliphatic carbocycles. The molecule has 0 spiro atoms. The molecule has 0 bridgehead atoms. The summed E-state index contributed by atoms with van der Waals surface area (Å²) in [7, 11) is 1.99. The topological polar surface area (TPSA) is 20.3 Å². The zero-order valence-corrected chi connectivity index (χ0v) is 10.0. The van der Waals surface area contributed by atoms with Crippen molar-refractivity contribution in [3.8, 4) is 0 Å². The highest BCUT2D eigenvalue weighted by Gasteiger charge is 2.40. The van der Waals surface area contributed by atoms with E-state index in [1.807, 2.05) is 11.9 Å². The zero-order valence-electron chi connectivity index (χ0n) is 10.0. The number of amides is 1. The fraction of sp³-hybridized carbons (Fsp3) is 0.923. The summed E-state index contributed by atoms with van der Waals surface area (Å²) in [6.07, 6.45) is 7.91. The Balaban J connectivity index is 1.75. The molecule has 0 radical (unpaired) electrons. The number of nitrogens with zero attached hydrogens (tertiary/aromatic N) is 1. The van der Waals surface area contributed by atoms with Gasteiger partial charge in [0.1, 0.15) is 0 Å². The van der Waals surface area contributed by atoms with Gasteiger partial charge in [-0.1, -0.05) is 26.2 Å². The summed E-state index contributed by atoms with van der Waals surface area (Å²) in [6.45, 7) is 3.18. The second-order valence-electron chi connectivity index (χ2n) is 5.54. The van der Waals surface area contributed by atoms with E-state index in [2.05, 4.69) is 6.92 Å². The molecule has 2 saturated carbocycles. The van der Waals surface area contributed by atoms with Crippen LogP contribution in [-0.2, 0) is 4.79 Å². The Kier molecular flexibility index (Phi) is 3.32. The smallest absolute Gasteiger partial charge is 0.225 e. The molecule has 0 saturated heterocycles. The Morgan fingerprint density at radius 3 is 2.40 bits per heavy atom. The van der Waals surface area contributed by atoms with Crippen molar-refractivity contribution in [3.63, 3.8) is 0 Å². The molecular weight excluding hydrogens is 186 g/mol. The Bertz CT molecular complexity index is 233. The van der Waals surface area contributed by atoms with Crippen LogP contribution in [0.25, 0.3) is 0 Å². The van der Waals surface area contributed by atoms with Crippen molar-refractivity contribution in [1.82, 2.24) is 4.90 Å². The molecule has 86 valence electrons. The average molecular weight is 209 g/mol. The van der Waals surface area contributed by atoms with Gasteiger partial charge in [-0.2, -0.15) is 0 Å². The van der Waals surface area contributed by atoms with Gasteiger partial charge in [-0.15, -0.1) is 0 Å². The minimum absolute atomic E-state index is 0.360. The lowest BCUT2D eigenvalue weighted by Crippen LogP contribution is -2.33. The third-order valence-electron chi connectivity index (χ3n) is 4.06. The van der Waals surface area contributed by atoms with Crippen LogP contribution in [0.2, 0.25) is 0 Å². The van der Waals surface area contributed by atoms with Crippen molar-refractivity contribution in [3.05, 3.63) is 0 Å². The molecule has 1 amide bonds. The molecule has 0 aromatic carbocycles. The minimum atomic E-state index is 0.360. The molecular formula is C13H23NO. The molecule has 0 N–H and O–H groups in total. The number of hydrogen-bond donors (Lipinski definition) is 0. The first kappa shape index (κ1) is 11.0. The van der Waals surface area contributed by atoms with Crippen LogP contribution in [0.15, 0.2) is 0 Å². The van der Waals surface area contributed by atoms with Gasteiger partial charge in [-0.25, -0.2) is 0 Å². The second kappa shape index (κ2) is 4.54. The Labute approximate surface area is 93.0 Å². The number of rotatable bonds is 3. The van der Waals surface area contributed by atoms with Gasteiger partial charge in [0.2, 0.25) is 5.91 Å². The van der Waals surface area contributed by atoms with Gasteiger partial charge in [0.05, 0.1) is 0 Å². The highest BCUT2D eigenvalue weighted by Crippen LogP contribution is 2.39. The SMILES string of the molecule is C[C@@H]1C[C@@H]1C(=O)N(C)CC1CCCCC1. The zero-order chi connectivity index (χ0) is 10.8. The predicted molar refractivity (Wildman–Crippen MR) is 61.5 cm³/mol. The van der Waals surface area contributed by atoms with Crippen molar-refractivity contribution in [2.45, 2.75) is 45.4 Å². The Hall–Kier alpha value is -0.530. The lowest BCUT2D eigenvalue weighted by Gasteiger charge is -2.27. The fourth-order valence-electron chi connectivity index (χ4n) is 2.80. The van der Waals surface area contributed by atoms with E-state index in [0.29, 0.717) is 17.7 Å². The van der Waals surface area contributed by atoms with Gasteiger partial charge in [0.15, 0.2) is 0 Å². The van der Waals surface area contributed by atoms with Crippen molar-refractivity contribution in [2.75, 3.05) is 13.6 Å². The molecule has 15 heavy (non-hydrogen) atoms. The summed E-state index contributed by atoms with van der Waals surface area (Å²) in [5, 5.41) is 0. The van der Waals surface area contributed by atoms with Gasteiger partial charge in [0.25, 0.3) is 0 Å². The minimum Gasteiger partial charge on any atom is -0.345 e. The van der Waals surface area contributed by atoms with Crippen molar-refractivity contribution >= 4 is 5.91 Å². The molecule has 2 nitrogen and oxygen atoms in total. The van der Waals surface area contributed by atoms with Crippen LogP contribution in [0, 0.1) is 17.8 Å². The molecule has 2 aliphatic rings. The Morgan fingerprint density at radius 2 is 1.87 bits per heavy atom. The average Bonchev–Trinajstić information content (AvgIpc) is 2.96. The maximum Gasteiger partial charge on any atom is 0.225 e. The van der Waals surface area contributed by atoms with Crippen LogP contribution in [0.5, 0.6) is 0 Å². The van der Waals surface area contributed by atoms with Crippen molar-refractivity contribution < 1.29 is 4.79 Å². The first-order chi connectivity index (χ1) is 7.18. The van der Waals surface area contributed by atoms with Gasteiger partial charge in [0, 0.05) is 19.5 Å². The number of carbonyl (C=O) groups excluding carboxylic acids is 1. The lowest BCUT2D eigenvalue weighted by molar-refractivity contribution is -0.132. The highest BCUT2D eigenvalue weighted by molar-refractivity contribution is 5.81. The van der Waals surface area contributed by atoms with E-state index in [4.69, 9.17) is 0 Å². The van der Waals surface area contributed by atoms with Gasteiger partial charge < -0.3 is 4.90 Å². The second-order valence-corrected chi connectivity index (χ2v) is 5.54. The molecule has 2 heteroatoms. The van der Waals surface area contributed by atoms with E-state index in [1.165, 1.54) is 32.1 Å². The van der Waals surface area contributed by atoms with Crippen LogP contribution >= 0.6 is 0 Å². The number of carbonyl (C=O) groups is 1. The summed E-state index contributed by atoms with van der Waals surface area (Å²) in [5.41, 5.74) is 0. The van der Waals surface area contributed by atoms with E-state index in [9.17, 15) is 4.79 Å². The maximum atomic E-state index is 11.9. The molecule has 0 heterocycles. The summed E-state index contributed by atoms with van der Waals surface area (Å²) in [4.78, 5) is 13.9. The Morgan fingerprint density at radius 1 is 1.27 bits per heavy atom. The largest absolute Gasteiger partial charge is 0.345 e. The van der Waals surface area contributed by atoms with Gasteiger partial charge >= 0.3 is 0 Å². The van der Waals surface area contributed by atoms with Crippen molar-refractivity contribution in [1.29, 1.82) is 0 Å². The van der Waals surface area contributed by atoms with Crippen LogP contribution in [0.4, 0.5) is 0 Å².